The van der Waals surface area contributed by atoms with E-state index in [1.54, 1.807) is 26.2 Å². The van der Waals surface area contributed by atoms with Crippen molar-refractivity contribution >= 4 is 33.5 Å². The van der Waals surface area contributed by atoms with Crippen molar-refractivity contribution in [3.8, 4) is 5.75 Å². The maximum Gasteiger partial charge on any atom is 0.317 e. The first-order chi connectivity index (χ1) is 12.8. The number of likely N-dealkylation sites (N-methyl/N-ethyl adjacent to an activating group) is 1. The van der Waals surface area contributed by atoms with E-state index in [0.717, 1.165) is 10.6 Å². The Kier molecular flexibility index (Phi) is 7.55. The summed E-state index contributed by atoms with van der Waals surface area (Å²) in [6.45, 7) is 3.68. The first-order valence-electron chi connectivity index (χ1n) is 8.73. The predicted octanol–water partition coefficient (Wildman–Crippen LogP) is 1.75. The largest absolute Gasteiger partial charge is 0.497 e. The second-order valence-electron chi connectivity index (χ2n) is 6.28. The van der Waals surface area contributed by atoms with Gasteiger partial charge in [-0.25, -0.2) is 8.42 Å². The Morgan fingerprint density at radius 1 is 1.30 bits per heavy atom. The van der Waals surface area contributed by atoms with Gasteiger partial charge in [-0.2, -0.15) is 0 Å². The molecule has 0 radical (unpaired) electrons. The van der Waals surface area contributed by atoms with Crippen LogP contribution >= 0.6 is 11.8 Å². The summed E-state index contributed by atoms with van der Waals surface area (Å²) in [7, 11) is -1.51. The Balaban J connectivity index is 1.85. The monoisotopic (exact) mass is 415 g/mol. The molecule has 1 aromatic rings. The SMILES string of the molecule is CCN(C(=O)[C@@H](C)OC(=O)CSc1ccc(OC)cc1)[C@@H]1CCS(=O)(=O)C1. The number of amides is 1. The Bertz CT molecular complexity index is 763. The van der Waals surface area contributed by atoms with Crippen molar-refractivity contribution in [3.05, 3.63) is 24.3 Å². The number of hydrogen-bond acceptors (Lipinski definition) is 7. The van der Waals surface area contributed by atoms with E-state index >= 15 is 0 Å². The normalized spacial score (nSPS) is 19.3. The van der Waals surface area contributed by atoms with Crippen molar-refractivity contribution in [2.75, 3.05) is 30.9 Å². The van der Waals surface area contributed by atoms with E-state index in [1.165, 1.54) is 23.6 Å². The third kappa shape index (κ3) is 6.14. The highest BCUT2D eigenvalue weighted by Gasteiger charge is 2.36. The standard InChI is InChI=1S/C18H25NO6S2/c1-4-19(14-9-10-27(22,23)12-14)18(21)13(2)25-17(20)11-26-16-7-5-15(24-3)6-8-16/h5-8,13-14H,4,9-12H2,1-3H3/t13-,14-/m1/s1. The molecule has 1 aliphatic rings. The number of carbonyl (C=O) groups is 2. The van der Waals surface area contributed by atoms with Crippen molar-refractivity contribution in [2.24, 2.45) is 0 Å². The number of benzene rings is 1. The molecular weight excluding hydrogens is 390 g/mol. The number of hydrogen-bond donors (Lipinski definition) is 0. The maximum atomic E-state index is 12.6. The summed E-state index contributed by atoms with van der Waals surface area (Å²) in [5.74, 6) is 0.0200. The number of thioether (sulfide) groups is 1. The van der Waals surface area contributed by atoms with Crippen molar-refractivity contribution in [1.82, 2.24) is 4.90 Å². The molecule has 0 saturated carbocycles. The molecule has 27 heavy (non-hydrogen) atoms. The molecule has 7 nitrogen and oxygen atoms in total. The van der Waals surface area contributed by atoms with Crippen LogP contribution in [0.3, 0.4) is 0 Å². The first kappa shape index (κ1) is 21.6. The molecule has 1 saturated heterocycles. The lowest BCUT2D eigenvalue weighted by Crippen LogP contribution is -2.46. The zero-order valence-electron chi connectivity index (χ0n) is 15.7. The molecule has 1 heterocycles. The van der Waals surface area contributed by atoms with Crippen LogP contribution in [0.5, 0.6) is 5.75 Å². The van der Waals surface area contributed by atoms with Crippen LogP contribution < -0.4 is 4.74 Å². The average molecular weight is 416 g/mol. The average Bonchev–Trinajstić information content (AvgIpc) is 3.00. The van der Waals surface area contributed by atoms with E-state index in [9.17, 15) is 18.0 Å². The van der Waals surface area contributed by atoms with Crippen LogP contribution in [0, 0.1) is 0 Å². The topological polar surface area (TPSA) is 90.0 Å². The van der Waals surface area contributed by atoms with Crippen molar-refractivity contribution < 1.29 is 27.5 Å². The Labute approximate surface area is 164 Å². The van der Waals surface area contributed by atoms with Gasteiger partial charge in [-0.05, 0) is 44.5 Å². The number of ether oxygens (including phenoxy) is 2. The van der Waals surface area contributed by atoms with E-state index in [4.69, 9.17) is 9.47 Å². The van der Waals surface area contributed by atoms with Crippen LogP contribution in [-0.2, 0) is 24.2 Å². The summed E-state index contributed by atoms with van der Waals surface area (Å²) < 4.78 is 33.6. The van der Waals surface area contributed by atoms with Gasteiger partial charge in [0, 0.05) is 17.5 Å². The van der Waals surface area contributed by atoms with Crippen LogP contribution in [0.25, 0.3) is 0 Å². The molecule has 2 rings (SSSR count). The number of nitrogens with zero attached hydrogens (tertiary/aromatic N) is 1. The smallest absolute Gasteiger partial charge is 0.317 e. The second-order valence-corrected chi connectivity index (χ2v) is 9.55. The second kappa shape index (κ2) is 9.45. The molecule has 1 fully saturated rings. The predicted molar refractivity (Wildman–Crippen MR) is 104 cm³/mol. The van der Waals surface area contributed by atoms with E-state index in [1.807, 2.05) is 12.1 Å². The van der Waals surface area contributed by atoms with Gasteiger partial charge in [0.25, 0.3) is 5.91 Å². The van der Waals surface area contributed by atoms with Crippen LogP contribution in [0.2, 0.25) is 0 Å². The molecule has 0 N–H and O–H groups in total. The van der Waals surface area contributed by atoms with Crippen LogP contribution in [-0.4, -0.2) is 68.3 Å². The van der Waals surface area contributed by atoms with Gasteiger partial charge in [0.15, 0.2) is 15.9 Å². The van der Waals surface area contributed by atoms with Crippen LogP contribution in [0.1, 0.15) is 20.3 Å². The molecule has 1 amide bonds. The molecule has 0 bridgehead atoms. The van der Waals surface area contributed by atoms with Gasteiger partial charge in [0.05, 0.1) is 24.4 Å². The lowest BCUT2D eigenvalue weighted by atomic mass is 10.2. The lowest BCUT2D eigenvalue weighted by molar-refractivity contribution is -0.157. The van der Waals surface area contributed by atoms with Gasteiger partial charge in [0.2, 0.25) is 0 Å². The van der Waals surface area contributed by atoms with Crippen molar-refractivity contribution in [1.29, 1.82) is 0 Å². The van der Waals surface area contributed by atoms with Crippen LogP contribution in [0.4, 0.5) is 0 Å². The minimum atomic E-state index is -3.09. The van der Waals surface area contributed by atoms with E-state index in [-0.39, 0.29) is 29.2 Å². The molecule has 0 aromatic heterocycles. The maximum absolute atomic E-state index is 12.6. The number of carbonyl (C=O) groups excluding carboxylic acids is 2. The van der Waals surface area contributed by atoms with Crippen molar-refractivity contribution in [2.45, 2.75) is 37.3 Å². The number of rotatable bonds is 8. The fourth-order valence-electron chi connectivity index (χ4n) is 2.94. The lowest BCUT2D eigenvalue weighted by Gasteiger charge is -2.29. The zero-order chi connectivity index (χ0) is 20.0. The summed E-state index contributed by atoms with van der Waals surface area (Å²) in [4.78, 5) is 27.0. The van der Waals surface area contributed by atoms with Gasteiger partial charge >= 0.3 is 5.97 Å². The molecule has 1 aromatic carbocycles. The highest BCUT2D eigenvalue weighted by molar-refractivity contribution is 8.00. The van der Waals surface area contributed by atoms with E-state index in [2.05, 4.69) is 0 Å². The minimum Gasteiger partial charge on any atom is -0.497 e. The fraction of sp³-hybridized carbons (Fsp3) is 0.556. The van der Waals surface area contributed by atoms with Gasteiger partial charge in [0.1, 0.15) is 5.75 Å². The third-order valence-corrected chi connectivity index (χ3v) is 7.08. The molecule has 0 spiro atoms. The number of sulfone groups is 1. The van der Waals surface area contributed by atoms with E-state index < -0.39 is 21.9 Å². The fourth-order valence-corrected chi connectivity index (χ4v) is 5.36. The van der Waals surface area contributed by atoms with Gasteiger partial charge in [-0.1, -0.05) is 0 Å². The third-order valence-electron chi connectivity index (χ3n) is 4.35. The van der Waals surface area contributed by atoms with Crippen molar-refractivity contribution in [3.63, 3.8) is 0 Å². The summed E-state index contributed by atoms with van der Waals surface area (Å²) >= 11 is 1.31. The Morgan fingerprint density at radius 3 is 2.48 bits per heavy atom. The first-order valence-corrected chi connectivity index (χ1v) is 11.5. The molecule has 0 aliphatic carbocycles. The highest BCUT2D eigenvalue weighted by Crippen LogP contribution is 2.22. The molecule has 150 valence electrons. The highest BCUT2D eigenvalue weighted by atomic mass is 32.2. The van der Waals surface area contributed by atoms with Gasteiger partial charge in [-0.15, -0.1) is 11.8 Å². The van der Waals surface area contributed by atoms with Crippen LogP contribution in [0.15, 0.2) is 29.2 Å². The molecular formula is C18H25NO6S2. The van der Waals surface area contributed by atoms with Gasteiger partial charge < -0.3 is 14.4 Å². The number of methoxy groups -OCH3 is 1. The quantitative estimate of drug-likeness (QED) is 0.472. The molecule has 1 aliphatic heterocycles. The molecule has 9 heteroatoms. The molecule has 2 atom stereocenters. The molecule has 0 unspecified atom stereocenters. The summed E-state index contributed by atoms with van der Waals surface area (Å²) in [5, 5.41) is 0. The zero-order valence-corrected chi connectivity index (χ0v) is 17.3. The summed E-state index contributed by atoms with van der Waals surface area (Å²) in [6.07, 6.45) is -0.521. The summed E-state index contributed by atoms with van der Waals surface area (Å²) in [6, 6.07) is 6.93. The Morgan fingerprint density at radius 2 is 1.96 bits per heavy atom. The number of esters is 1. The summed E-state index contributed by atoms with van der Waals surface area (Å²) in [5.41, 5.74) is 0. The van der Waals surface area contributed by atoms with Gasteiger partial charge in [-0.3, -0.25) is 9.59 Å². The Hall–Kier alpha value is -1.74. The minimum absolute atomic E-state index is 0.0272. The van der Waals surface area contributed by atoms with E-state index in [0.29, 0.717) is 13.0 Å².